The molecule has 0 radical (unpaired) electrons. The molecule has 7 heteroatoms. The summed E-state index contributed by atoms with van der Waals surface area (Å²) in [5.74, 6) is 0.220. The molecule has 3 heterocycles. The van der Waals surface area contributed by atoms with Crippen molar-refractivity contribution in [3.05, 3.63) is 71.5 Å². The van der Waals surface area contributed by atoms with Crippen molar-refractivity contribution in [2.45, 2.75) is 32.4 Å². The van der Waals surface area contributed by atoms with Crippen molar-refractivity contribution < 1.29 is 9.59 Å². The number of carbonyl (C=O) groups is 2. The van der Waals surface area contributed by atoms with Gasteiger partial charge in [-0.2, -0.15) is 0 Å². The summed E-state index contributed by atoms with van der Waals surface area (Å²) in [6, 6.07) is 16.3. The van der Waals surface area contributed by atoms with Crippen LogP contribution < -0.4 is 0 Å². The molecule has 0 atom stereocenters. The lowest BCUT2D eigenvalue weighted by Crippen LogP contribution is -2.50. The number of aryl methyl sites for hydroxylation is 1. The van der Waals surface area contributed by atoms with Crippen LogP contribution in [0, 0.1) is 6.92 Å². The fourth-order valence-electron chi connectivity index (χ4n) is 4.15. The first-order chi connectivity index (χ1) is 15.1. The highest BCUT2D eigenvalue weighted by Gasteiger charge is 2.33. The van der Waals surface area contributed by atoms with Gasteiger partial charge >= 0.3 is 0 Å². The smallest absolute Gasteiger partial charge is 0.253 e. The molecule has 1 aromatic heterocycles. The van der Waals surface area contributed by atoms with Gasteiger partial charge in [0, 0.05) is 31.6 Å². The second-order valence-corrected chi connectivity index (χ2v) is 8.42. The van der Waals surface area contributed by atoms with Crippen LogP contribution in [0.2, 0.25) is 0 Å². The quantitative estimate of drug-likeness (QED) is 0.642. The summed E-state index contributed by atoms with van der Waals surface area (Å²) in [5, 5.41) is 8.42. The zero-order chi connectivity index (χ0) is 21.4. The third kappa shape index (κ3) is 3.95. The van der Waals surface area contributed by atoms with E-state index in [2.05, 4.69) is 41.5 Å². The van der Waals surface area contributed by atoms with Gasteiger partial charge in [0.15, 0.2) is 0 Å². The summed E-state index contributed by atoms with van der Waals surface area (Å²) < 4.78 is 1.82. The van der Waals surface area contributed by atoms with Crippen LogP contribution >= 0.6 is 0 Å². The average molecular weight is 415 g/mol. The zero-order valence-electron chi connectivity index (χ0n) is 17.6. The van der Waals surface area contributed by atoms with Gasteiger partial charge in [-0.3, -0.25) is 9.59 Å². The van der Waals surface area contributed by atoms with Crippen LogP contribution in [0.3, 0.4) is 0 Å². The van der Waals surface area contributed by atoms with Crippen molar-refractivity contribution in [3.8, 4) is 11.1 Å². The maximum atomic E-state index is 12.8. The molecule has 158 valence electrons. The van der Waals surface area contributed by atoms with Gasteiger partial charge in [0.25, 0.3) is 5.91 Å². The normalized spacial score (nSPS) is 16.6. The Morgan fingerprint density at radius 3 is 2.35 bits per heavy atom. The third-order valence-corrected chi connectivity index (χ3v) is 6.12. The van der Waals surface area contributed by atoms with E-state index in [0.717, 1.165) is 29.8 Å². The highest BCUT2D eigenvalue weighted by molar-refractivity contribution is 5.95. The van der Waals surface area contributed by atoms with Crippen LogP contribution in [0.15, 0.2) is 54.7 Å². The largest absolute Gasteiger partial charge is 0.337 e. The van der Waals surface area contributed by atoms with Crippen molar-refractivity contribution in [2.75, 3.05) is 19.6 Å². The van der Waals surface area contributed by atoms with Crippen LogP contribution in [-0.2, 0) is 11.3 Å². The molecular weight excluding hydrogens is 390 g/mol. The Kier molecular flexibility index (Phi) is 5.02. The van der Waals surface area contributed by atoms with Crippen molar-refractivity contribution in [1.82, 2.24) is 24.8 Å². The molecule has 2 saturated heterocycles. The number of amides is 2. The lowest BCUT2D eigenvalue weighted by atomic mass is 10.0. The Morgan fingerprint density at radius 2 is 1.71 bits per heavy atom. The van der Waals surface area contributed by atoms with Gasteiger partial charge in [-0.15, -0.1) is 5.10 Å². The van der Waals surface area contributed by atoms with E-state index in [1.807, 2.05) is 44.9 Å². The molecule has 0 bridgehead atoms. The van der Waals surface area contributed by atoms with Crippen molar-refractivity contribution in [3.63, 3.8) is 0 Å². The summed E-state index contributed by atoms with van der Waals surface area (Å²) in [5.41, 5.74) is 4.97. The lowest BCUT2D eigenvalue weighted by molar-refractivity contribution is -0.128. The zero-order valence-corrected chi connectivity index (χ0v) is 17.6. The number of hydrogen-bond donors (Lipinski definition) is 0. The van der Waals surface area contributed by atoms with Crippen LogP contribution in [0.25, 0.3) is 11.1 Å². The highest BCUT2D eigenvalue weighted by Crippen LogP contribution is 2.25. The molecule has 0 unspecified atom stereocenters. The average Bonchev–Trinajstić information content (AvgIpc) is 3.37. The number of rotatable bonds is 5. The van der Waals surface area contributed by atoms with Gasteiger partial charge in [-0.05, 0) is 36.6 Å². The number of likely N-dealkylation sites (tertiary alicyclic amines) is 2. The SMILES string of the molecule is Cc1ccc(-c2ccc(C(=O)N3CC(n4cc(CN5CCCC5=O)nn4)C3)cc2)cc1. The Morgan fingerprint density at radius 1 is 1.03 bits per heavy atom. The topological polar surface area (TPSA) is 71.3 Å². The molecule has 0 spiro atoms. The van der Waals surface area contributed by atoms with Gasteiger partial charge in [0.2, 0.25) is 5.91 Å². The number of nitrogens with zero attached hydrogens (tertiary/aromatic N) is 5. The number of benzene rings is 2. The summed E-state index contributed by atoms with van der Waals surface area (Å²) in [7, 11) is 0. The number of carbonyl (C=O) groups excluding carboxylic acids is 2. The van der Waals surface area contributed by atoms with E-state index in [9.17, 15) is 9.59 Å². The van der Waals surface area contributed by atoms with Crippen LogP contribution in [0.1, 0.15) is 40.5 Å². The molecule has 2 fully saturated rings. The predicted octanol–water partition coefficient (Wildman–Crippen LogP) is 3.07. The van der Waals surface area contributed by atoms with E-state index in [1.54, 1.807) is 0 Å². The monoisotopic (exact) mass is 415 g/mol. The number of hydrogen-bond acceptors (Lipinski definition) is 4. The van der Waals surface area contributed by atoms with Gasteiger partial charge in [0.05, 0.1) is 18.8 Å². The molecule has 31 heavy (non-hydrogen) atoms. The minimum absolute atomic E-state index is 0.0368. The standard InChI is InChI=1S/C24H25N5O2/c1-17-4-6-18(7-5-17)19-8-10-20(11-9-19)24(31)28-15-22(16-28)29-14-21(25-26-29)13-27-12-2-3-23(27)30/h4-11,14,22H,2-3,12-13,15-16H2,1H3. The number of aromatic nitrogens is 3. The van der Waals surface area contributed by atoms with E-state index < -0.39 is 0 Å². The molecular formula is C24H25N5O2. The van der Waals surface area contributed by atoms with E-state index in [0.29, 0.717) is 31.6 Å². The van der Waals surface area contributed by atoms with E-state index >= 15 is 0 Å². The van der Waals surface area contributed by atoms with E-state index in [4.69, 9.17) is 0 Å². The Hall–Kier alpha value is -3.48. The molecule has 2 aliphatic rings. The van der Waals surface area contributed by atoms with Crippen LogP contribution in [0.5, 0.6) is 0 Å². The second kappa shape index (κ2) is 7.98. The van der Waals surface area contributed by atoms with Gasteiger partial charge < -0.3 is 9.80 Å². The summed E-state index contributed by atoms with van der Waals surface area (Å²) in [4.78, 5) is 28.2. The molecule has 2 aromatic carbocycles. The van der Waals surface area contributed by atoms with Gasteiger partial charge in [-0.1, -0.05) is 47.2 Å². The summed E-state index contributed by atoms with van der Waals surface area (Å²) in [6.07, 6.45) is 3.44. The minimum Gasteiger partial charge on any atom is -0.337 e. The molecule has 0 saturated carbocycles. The van der Waals surface area contributed by atoms with Crippen LogP contribution in [-0.4, -0.2) is 56.2 Å². The lowest BCUT2D eigenvalue weighted by Gasteiger charge is -2.38. The van der Waals surface area contributed by atoms with E-state index in [-0.39, 0.29) is 17.9 Å². The fraction of sp³-hybridized carbons (Fsp3) is 0.333. The summed E-state index contributed by atoms with van der Waals surface area (Å²) in [6.45, 7) is 4.61. The molecule has 2 amide bonds. The maximum Gasteiger partial charge on any atom is 0.253 e. The summed E-state index contributed by atoms with van der Waals surface area (Å²) >= 11 is 0. The Labute approximate surface area is 181 Å². The minimum atomic E-state index is 0.0368. The van der Waals surface area contributed by atoms with Crippen LogP contribution in [0.4, 0.5) is 0 Å². The van der Waals surface area contributed by atoms with Crippen molar-refractivity contribution in [2.24, 2.45) is 0 Å². The molecule has 0 N–H and O–H groups in total. The fourth-order valence-corrected chi connectivity index (χ4v) is 4.15. The first-order valence-corrected chi connectivity index (χ1v) is 10.7. The Balaban J connectivity index is 1.17. The Bertz CT molecular complexity index is 1100. The molecule has 0 aliphatic carbocycles. The first kappa shape index (κ1) is 19.5. The van der Waals surface area contributed by atoms with E-state index in [1.165, 1.54) is 5.56 Å². The molecule has 5 rings (SSSR count). The first-order valence-electron chi connectivity index (χ1n) is 10.7. The second-order valence-electron chi connectivity index (χ2n) is 8.42. The van der Waals surface area contributed by atoms with Gasteiger partial charge in [0.1, 0.15) is 5.69 Å². The maximum absolute atomic E-state index is 12.8. The van der Waals surface area contributed by atoms with Crippen molar-refractivity contribution in [1.29, 1.82) is 0 Å². The van der Waals surface area contributed by atoms with Crippen molar-refractivity contribution >= 4 is 11.8 Å². The molecule has 7 nitrogen and oxygen atoms in total. The molecule has 2 aliphatic heterocycles. The predicted molar refractivity (Wildman–Crippen MR) is 116 cm³/mol. The highest BCUT2D eigenvalue weighted by atomic mass is 16.2. The molecule has 3 aromatic rings. The third-order valence-electron chi connectivity index (χ3n) is 6.12. The van der Waals surface area contributed by atoms with Gasteiger partial charge in [-0.25, -0.2) is 4.68 Å².